The SMILES string of the molecule is COc1cc(OC)c(/C=C2\C(=O)NC(=O)N(c3cccc(Cl)c3C)C2=O)cc1Br. The second-order valence-electron chi connectivity index (χ2n) is 6.07. The van der Waals surface area contributed by atoms with E-state index in [9.17, 15) is 14.4 Å². The molecule has 0 bridgehead atoms. The molecule has 0 aliphatic carbocycles. The molecule has 3 rings (SSSR count). The first-order chi connectivity index (χ1) is 13.8. The minimum absolute atomic E-state index is 0.223. The highest BCUT2D eigenvalue weighted by molar-refractivity contribution is 9.10. The predicted molar refractivity (Wildman–Crippen MR) is 112 cm³/mol. The Kier molecular flexibility index (Phi) is 5.95. The monoisotopic (exact) mass is 478 g/mol. The minimum atomic E-state index is -0.842. The van der Waals surface area contributed by atoms with Crippen molar-refractivity contribution in [2.24, 2.45) is 0 Å². The lowest BCUT2D eigenvalue weighted by Gasteiger charge is -2.27. The molecule has 1 N–H and O–H groups in total. The second kappa shape index (κ2) is 8.26. The predicted octanol–water partition coefficient (Wildman–Crippen LogP) is 4.09. The van der Waals surface area contributed by atoms with E-state index in [0.29, 0.717) is 37.8 Å². The molecule has 0 spiro atoms. The molecule has 150 valence electrons. The normalized spacial score (nSPS) is 15.6. The van der Waals surface area contributed by atoms with Crippen molar-refractivity contribution in [3.05, 3.63) is 56.5 Å². The van der Waals surface area contributed by atoms with E-state index in [0.717, 1.165) is 4.90 Å². The molecule has 1 aliphatic heterocycles. The fourth-order valence-electron chi connectivity index (χ4n) is 2.87. The average molecular weight is 480 g/mol. The summed E-state index contributed by atoms with van der Waals surface area (Å²) in [5, 5.41) is 2.58. The molecule has 1 aliphatic rings. The van der Waals surface area contributed by atoms with Gasteiger partial charge >= 0.3 is 6.03 Å². The van der Waals surface area contributed by atoms with Crippen molar-refractivity contribution >= 4 is 57.1 Å². The number of nitrogens with zero attached hydrogens (tertiary/aromatic N) is 1. The third-order valence-electron chi connectivity index (χ3n) is 4.39. The van der Waals surface area contributed by atoms with Gasteiger partial charge in [0.15, 0.2) is 0 Å². The van der Waals surface area contributed by atoms with E-state index in [1.807, 2.05) is 0 Å². The van der Waals surface area contributed by atoms with Crippen molar-refractivity contribution < 1.29 is 23.9 Å². The van der Waals surface area contributed by atoms with E-state index in [1.54, 1.807) is 37.3 Å². The maximum atomic E-state index is 13.1. The van der Waals surface area contributed by atoms with Crippen LogP contribution in [0.4, 0.5) is 10.5 Å². The second-order valence-corrected chi connectivity index (χ2v) is 7.33. The Hall–Kier alpha value is -2.84. The van der Waals surface area contributed by atoms with Gasteiger partial charge in [-0.2, -0.15) is 0 Å². The number of methoxy groups -OCH3 is 2. The number of carbonyl (C=O) groups is 3. The van der Waals surface area contributed by atoms with Gasteiger partial charge in [-0.3, -0.25) is 14.9 Å². The summed E-state index contributed by atoms with van der Waals surface area (Å²) in [7, 11) is 2.96. The minimum Gasteiger partial charge on any atom is -0.496 e. The van der Waals surface area contributed by atoms with Gasteiger partial charge in [0.2, 0.25) is 0 Å². The van der Waals surface area contributed by atoms with Gasteiger partial charge in [-0.15, -0.1) is 0 Å². The lowest BCUT2D eigenvalue weighted by molar-refractivity contribution is -0.122. The van der Waals surface area contributed by atoms with E-state index in [4.69, 9.17) is 21.1 Å². The van der Waals surface area contributed by atoms with Crippen LogP contribution in [-0.4, -0.2) is 32.1 Å². The molecule has 2 aromatic rings. The lowest BCUT2D eigenvalue weighted by atomic mass is 10.0. The number of ether oxygens (including phenoxy) is 2. The Bertz CT molecular complexity index is 1070. The van der Waals surface area contributed by atoms with Crippen LogP contribution in [0.25, 0.3) is 6.08 Å². The molecule has 1 saturated heterocycles. The summed E-state index contributed by atoms with van der Waals surface area (Å²) in [6, 6.07) is 7.27. The fourth-order valence-corrected chi connectivity index (χ4v) is 3.56. The maximum absolute atomic E-state index is 13.1. The van der Waals surface area contributed by atoms with Gasteiger partial charge in [-0.1, -0.05) is 17.7 Å². The van der Waals surface area contributed by atoms with Gasteiger partial charge in [0.1, 0.15) is 17.1 Å². The molecule has 0 aromatic heterocycles. The Morgan fingerprint density at radius 2 is 1.79 bits per heavy atom. The van der Waals surface area contributed by atoms with E-state index in [1.165, 1.54) is 20.3 Å². The molecular weight excluding hydrogens is 464 g/mol. The number of imide groups is 2. The van der Waals surface area contributed by atoms with Gasteiger partial charge in [0.05, 0.1) is 24.4 Å². The van der Waals surface area contributed by atoms with Crippen molar-refractivity contribution in [2.45, 2.75) is 6.92 Å². The van der Waals surface area contributed by atoms with Crippen LogP contribution in [0.15, 0.2) is 40.4 Å². The van der Waals surface area contributed by atoms with Crippen molar-refractivity contribution in [2.75, 3.05) is 19.1 Å². The van der Waals surface area contributed by atoms with Crippen molar-refractivity contribution in [1.82, 2.24) is 5.32 Å². The summed E-state index contributed by atoms with van der Waals surface area (Å²) in [5.74, 6) is -0.654. The first kappa shape index (κ1) is 20.9. The third-order valence-corrected chi connectivity index (χ3v) is 5.41. The number of rotatable bonds is 4. The summed E-state index contributed by atoms with van der Waals surface area (Å²) in [5.41, 5.74) is 1.06. The zero-order chi connectivity index (χ0) is 21.3. The first-order valence-electron chi connectivity index (χ1n) is 8.36. The molecular formula is C20H16BrClN2O5. The fraction of sp³-hybridized carbons (Fsp3) is 0.150. The highest BCUT2D eigenvalue weighted by Crippen LogP contribution is 2.35. The molecule has 0 atom stereocenters. The number of amides is 4. The zero-order valence-corrected chi connectivity index (χ0v) is 18.1. The molecule has 9 heteroatoms. The highest BCUT2D eigenvalue weighted by atomic mass is 79.9. The van der Waals surface area contributed by atoms with E-state index >= 15 is 0 Å². The van der Waals surface area contributed by atoms with Crippen LogP contribution < -0.4 is 19.7 Å². The Balaban J connectivity index is 2.11. The van der Waals surface area contributed by atoms with E-state index in [-0.39, 0.29) is 5.57 Å². The van der Waals surface area contributed by atoms with Crippen LogP contribution in [0.1, 0.15) is 11.1 Å². The number of hydrogen-bond donors (Lipinski definition) is 1. The molecule has 4 amide bonds. The van der Waals surface area contributed by atoms with Gasteiger partial charge in [-0.05, 0) is 52.7 Å². The van der Waals surface area contributed by atoms with Crippen molar-refractivity contribution in [3.63, 3.8) is 0 Å². The summed E-state index contributed by atoms with van der Waals surface area (Å²) >= 11 is 9.49. The summed E-state index contributed by atoms with van der Waals surface area (Å²) in [6.07, 6.45) is 1.36. The van der Waals surface area contributed by atoms with Crippen LogP contribution in [0.2, 0.25) is 5.02 Å². The Morgan fingerprint density at radius 3 is 2.45 bits per heavy atom. The molecule has 1 fully saturated rings. The van der Waals surface area contributed by atoms with E-state index in [2.05, 4.69) is 21.2 Å². The topological polar surface area (TPSA) is 84.9 Å². The molecule has 7 nitrogen and oxygen atoms in total. The number of nitrogens with one attached hydrogen (secondary N) is 1. The molecule has 2 aromatic carbocycles. The molecule has 0 unspecified atom stereocenters. The van der Waals surface area contributed by atoms with Crippen LogP contribution in [0.3, 0.4) is 0 Å². The zero-order valence-electron chi connectivity index (χ0n) is 15.7. The summed E-state index contributed by atoms with van der Waals surface area (Å²) in [6.45, 7) is 1.68. The van der Waals surface area contributed by atoms with Gasteiger partial charge in [-0.25, -0.2) is 9.69 Å². The number of urea groups is 1. The smallest absolute Gasteiger partial charge is 0.335 e. The number of barbiturate groups is 1. The number of anilines is 1. The van der Waals surface area contributed by atoms with Crippen LogP contribution in [0.5, 0.6) is 11.5 Å². The molecule has 0 radical (unpaired) electrons. The maximum Gasteiger partial charge on any atom is 0.335 e. The summed E-state index contributed by atoms with van der Waals surface area (Å²) in [4.78, 5) is 38.8. The first-order valence-corrected chi connectivity index (χ1v) is 9.53. The van der Waals surface area contributed by atoms with Gasteiger partial charge in [0, 0.05) is 16.7 Å². The lowest BCUT2D eigenvalue weighted by Crippen LogP contribution is -2.54. The van der Waals surface area contributed by atoms with E-state index < -0.39 is 17.8 Å². The standard InChI is InChI=1S/C20H16BrClN2O5/c1-10-14(22)5-4-6-15(10)24-19(26)12(18(25)23-20(24)27)7-11-8-13(21)17(29-3)9-16(11)28-2/h4-9H,1-3H3,(H,23,25,27)/b12-7+. The van der Waals surface area contributed by atoms with Crippen LogP contribution in [0, 0.1) is 6.92 Å². The molecule has 29 heavy (non-hydrogen) atoms. The number of hydrogen-bond acceptors (Lipinski definition) is 5. The average Bonchev–Trinajstić information content (AvgIpc) is 2.68. The van der Waals surface area contributed by atoms with Crippen molar-refractivity contribution in [1.29, 1.82) is 0 Å². The number of benzene rings is 2. The summed E-state index contributed by atoms with van der Waals surface area (Å²) < 4.78 is 11.2. The number of halogens is 2. The highest BCUT2D eigenvalue weighted by Gasteiger charge is 2.37. The Labute approximate surface area is 180 Å². The van der Waals surface area contributed by atoms with Crippen LogP contribution >= 0.6 is 27.5 Å². The van der Waals surface area contributed by atoms with Crippen molar-refractivity contribution in [3.8, 4) is 11.5 Å². The third kappa shape index (κ3) is 3.86. The molecule has 0 saturated carbocycles. The van der Waals surface area contributed by atoms with Crippen LogP contribution in [-0.2, 0) is 9.59 Å². The number of carbonyl (C=O) groups excluding carboxylic acids is 3. The quantitative estimate of drug-likeness (QED) is 0.527. The Morgan fingerprint density at radius 1 is 1.10 bits per heavy atom. The van der Waals surface area contributed by atoms with Gasteiger partial charge in [0.25, 0.3) is 11.8 Å². The van der Waals surface area contributed by atoms with Gasteiger partial charge < -0.3 is 9.47 Å². The largest absolute Gasteiger partial charge is 0.496 e. The molecule has 1 heterocycles.